The van der Waals surface area contributed by atoms with Gasteiger partial charge in [-0.05, 0) is 59.9 Å². The highest BCUT2D eigenvalue weighted by Gasteiger charge is 2.35. The lowest BCUT2D eigenvalue weighted by Crippen LogP contribution is -2.30. The Morgan fingerprint density at radius 2 is 1.73 bits per heavy atom. The number of methoxy groups -OCH3 is 1. The predicted octanol–water partition coefficient (Wildman–Crippen LogP) is 3.85. The Labute approximate surface area is 284 Å². The molecule has 1 aromatic heterocycles. The largest absolute Gasteiger partial charge is 0.493 e. The minimum Gasteiger partial charge on any atom is -0.493 e. The molecule has 0 radical (unpaired) electrons. The van der Waals surface area contributed by atoms with Crippen molar-refractivity contribution in [3.63, 3.8) is 0 Å². The van der Waals surface area contributed by atoms with Crippen molar-refractivity contribution < 1.29 is 51.3 Å². The number of rotatable bonds is 18. The third kappa shape index (κ3) is 12.6. The summed E-state index contributed by atoms with van der Waals surface area (Å²) in [7, 11) is -2.86. The Morgan fingerprint density at radius 3 is 2.47 bits per heavy atom. The van der Waals surface area contributed by atoms with E-state index in [1.54, 1.807) is 24.3 Å². The summed E-state index contributed by atoms with van der Waals surface area (Å²) in [6.07, 6.45) is 6.86. The molecule has 1 heterocycles. The highest BCUT2D eigenvalue weighted by Crippen LogP contribution is 2.29. The highest BCUT2D eigenvalue weighted by molar-refractivity contribution is 7.91. The lowest BCUT2D eigenvalue weighted by atomic mass is 10.1. The Kier molecular flexibility index (Phi) is 15.1. The van der Waals surface area contributed by atoms with Gasteiger partial charge in [-0.3, -0.25) is 19.0 Å². The van der Waals surface area contributed by atoms with Crippen molar-refractivity contribution in [1.29, 1.82) is 0 Å². The van der Waals surface area contributed by atoms with Gasteiger partial charge in [0.15, 0.2) is 24.7 Å². The van der Waals surface area contributed by atoms with Gasteiger partial charge in [-0.2, -0.15) is 0 Å². The van der Waals surface area contributed by atoms with E-state index in [1.165, 1.54) is 31.4 Å². The first-order valence-electron chi connectivity index (χ1n) is 15.5. The van der Waals surface area contributed by atoms with Crippen LogP contribution in [0.25, 0.3) is 0 Å². The first kappa shape index (κ1) is 38.1. The lowest BCUT2D eigenvalue weighted by molar-refractivity contribution is -0.832. The van der Waals surface area contributed by atoms with Gasteiger partial charge in [0.1, 0.15) is 0 Å². The van der Waals surface area contributed by atoms with Crippen molar-refractivity contribution in [2.45, 2.75) is 68.8 Å². The number of amides is 1. The van der Waals surface area contributed by atoms with E-state index in [9.17, 15) is 28.0 Å². The van der Waals surface area contributed by atoms with E-state index in [0.717, 1.165) is 24.8 Å². The summed E-state index contributed by atoms with van der Waals surface area (Å²) in [5.74, 6) is 3.93. The fourth-order valence-electron chi connectivity index (χ4n) is 4.13. The van der Waals surface area contributed by atoms with Crippen molar-refractivity contribution in [1.82, 2.24) is 10.5 Å². The summed E-state index contributed by atoms with van der Waals surface area (Å²) in [5, 5.41) is 17.3. The van der Waals surface area contributed by atoms with E-state index < -0.39 is 39.3 Å². The highest BCUT2D eigenvalue weighted by atomic mass is 32.2. The van der Waals surface area contributed by atoms with Crippen LogP contribution in [0.15, 0.2) is 75.2 Å². The number of esters is 2. The van der Waals surface area contributed by atoms with Crippen molar-refractivity contribution >= 4 is 27.7 Å². The number of unbranched alkanes of at least 4 members (excludes halogenated alkanes) is 2. The Morgan fingerprint density at radius 1 is 1.00 bits per heavy atom. The summed E-state index contributed by atoms with van der Waals surface area (Å²) in [5.41, 5.74) is 0.757. The Hall–Kier alpha value is -5.36. The van der Waals surface area contributed by atoms with Crippen LogP contribution in [0, 0.1) is 23.0 Å². The molecular formula is C34H39N3O11S. The van der Waals surface area contributed by atoms with E-state index in [1.807, 2.05) is 0 Å². The van der Waals surface area contributed by atoms with Crippen LogP contribution in [-0.2, 0) is 35.5 Å². The summed E-state index contributed by atoms with van der Waals surface area (Å²) in [6.45, 7) is 3.80. The zero-order valence-corrected chi connectivity index (χ0v) is 28.3. The van der Waals surface area contributed by atoms with E-state index in [4.69, 9.17) is 18.9 Å². The maximum Gasteiger partial charge on any atom is 0.415 e. The van der Waals surface area contributed by atoms with Crippen LogP contribution >= 0.6 is 0 Å². The number of aromatic nitrogens is 2. The van der Waals surface area contributed by atoms with Crippen molar-refractivity contribution in [2.24, 2.45) is 5.92 Å². The van der Waals surface area contributed by atoms with Crippen molar-refractivity contribution in [2.75, 3.05) is 20.3 Å². The number of allylic oxidation sites excluding steroid dienone is 2. The molecule has 0 fully saturated rings. The molecule has 3 aromatic rings. The molecule has 15 heteroatoms. The van der Waals surface area contributed by atoms with Crippen LogP contribution in [0.1, 0.15) is 57.9 Å². The number of nitrogens with zero attached hydrogens (tertiary/aromatic N) is 2. The SMILES string of the molecule is COc1cc(CNC(=O)CCCC/C=C/C(C)C)ccc1OC(=O)CCC(=O)OCC#CCOc1no[n+]([O-])c1S(=O)(=O)c1ccccc1. The molecule has 0 aliphatic heterocycles. The summed E-state index contributed by atoms with van der Waals surface area (Å²) < 4.78 is 50.7. The third-order valence-corrected chi connectivity index (χ3v) is 8.31. The van der Waals surface area contributed by atoms with Gasteiger partial charge in [-0.25, -0.2) is 8.42 Å². The van der Waals surface area contributed by atoms with Gasteiger partial charge in [0.25, 0.3) is 9.84 Å². The van der Waals surface area contributed by atoms with E-state index >= 15 is 0 Å². The average Bonchev–Trinajstić information content (AvgIpc) is 3.47. The maximum atomic E-state index is 12.8. The second kappa shape index (κ2) is 19.5. The minimum atomic E-state index is -4.28. The van der Waals surface area contributed by atoms with Crippen LogP contribution in [0.3, 0.4) is 0 Å². The van der Waals surface area contributed by atoms with Gasteiger partial charge >= 0.3 is 22.8 Å². The normalized spacial score (nSPS) is 11.1. The molecule has 1 amide bonds. The topological polar surface area (TPSA) is 187 Å². The zero-order valence-electron chi connectivity index (χ0n) is 27.5. The third-order valence-electron chi connectivity index (χ3n) is 6.59. The van der Waals surface area contributed by atoms with Crippen LogP contribution in [-0.4, -0.2) is 51.7 Å². The molecular weight excluding hydrogens is 658 g/mol. The molecule has 1 N–H and O–H groups in total. The summed E-state index contributed by atoms with van der Waals surface area (Å²) >= 11 is 0. The fraction of sp³-hybridized carbons (Fsp3) is 0.382. The van der Waals surface area contributed by atoms with Gasteiger partial charge < -0.3 is 29.5 Å². The number of carbonyl (C=O) groups is 3. The quantitative estimate of drug-likeness (QED) is 0.0506. The van der Waals surface area contributed by atoms with Crippen molar-refractivity contribution in [3.8, 4) is 29.2 Å². The van der Waals surface area contributed by atoms with Crippen LogP contribution in [0.4, 0.5) is 0 Å². The molecule has 0 bridgehead atoms. The van der Waals surface area contributed by atoms with Crippen LogP contribution < -0.4 is 24.4 Å². The number of nitrogens with one attached hydrogen (secondary N) is 1. The zero-order chi connectivity index (χ0) is 35.6. The molecule has 0 saturated carbocycles. The van der Waals surface area contributed by atoms with Gasteiger partial charge in [0.05, 0.1) is 30.0 Å². The number of carbonyl (C=O) groups excluding carboxylic acids is 3. The van der Waals surface area contributed by atoms with Gasteiger partial charge in [-0.15, -0.1) is 0 Å². The molecule has 2 aromatic carbocycles. The maximum absolute atomic E-state index is 12.8. The fourth-order valence-corrected chi connectivity index (χ4v) is 5.42. The molecule has 49 heavy (non-hydrogen) atoms. The summed E-state index contributed by atoms with van der Waals surface area (Å²) in [6, 6.07) is 12.1. The Bertz CT molecular complexity index is 1760. The number of sulfone groups is 1. The molecule has 0 unspecified atom stereocenters. The standard InChI is InChI=1S/C34H39N3O11S/c1-25(2)13-7-4-5-10-16-30(38)35-24-26-17-18-28(29(23-26)44-3)47-32(40)20-19-31(39)45-21-11-12-22-46-33-34(37(41)48-36-33)49(42,43)27-14-8-6-9-15-27/h6-9,13-15,17-18,23,25H,4-5,10,16,19-22,24H2,1-3H3,(H,35,38)/b13-7+. The second-order valence-corrected chi connectivity index (χ2v) is 12.7. The summed E-state index contributed by atoms with van der Waals surface area (Å²) in [4.78, 5) is 36.2. The predicted molar refractivity (Wildman–Crippen MR) is 174 cm³/mol. The van der Waals surface area contributed by atoms with Crippen LogP contribution in [0.5, 0.6) is 17.4 Å². The Balaban J connectivity index is 1.36. The number of hydrogen-bond acceptors (Lipinski definition) is 12. The van der Waals surface area contributed by atoms with Gasteiger partial charge in [-0.1, -0.05) is 62.1 Å². The lowest BCUT2D eigenvalue weighted by Gasteiger charge is -2.12. The van der Waals surface area contributed by atoms with E-state index in [0.29, 0.717) is 12.3 Å². The molecule has 0 aliphatic carbocycles. The average molecular weight is 698 g/mol. The van der Waals surface area contributed by atoms with Crippen LogP contribution in [0.2, 0.25) is 0 Å². The van der Waals surface area contributed by atoms with Gasteiger partial charge in [0, 0.05) is 13.0 Å². The molecule has 0 saturated heterocycles. The smallest absolute Gasteiger partial charge is 0.415 e. The van der Waals surface area contributed by atoms with Gasteiger partial charge in [0.2, 0.25) is 5.91 Å². The minimum absolute atomic E-state index is 0.0519. The second-order valence-electron chi connectivity index (χ2n) is 10.8. The molecule has 0 spiro atoms. The monoisotopic (exact) mass is 697 g/mol. The molecule has 0 atom stereocenters. The number of benzene rings is 2. The number of hydrogen-bond donors (Lipinski definition) is 1. The van der Waals surface area contributed by atoms with E-state index in [2.05, 4.69) is 52.9 Å². The number of ether oxygens (including phenoxy) is 4. The first-order chi connectivity index (χ1) is 23.5. The molecule has 3 rings (SSSR count). The van der Waals surface area contributed by atoms with Crippen molar-refractivity contribution in [3.05, 3.63) is 71.5 Å². The van der Waals surface area contributed by atoms with E-state index in [-0.39, 0.29) is 53.2 Å². The molecule has 14 nitrogen and oxygen atoms in total. The molecule has 262 valence electrons. The molecule has 0 aliphatic rings. The first-order valence-corrected chi connectivity index (χ1v) is 16.9.